The van der Waals surface area contributed by atoms with E-state index >= 15 is 0 Å². The Morgan fingerprint density at radius 1 is 1.19 bits per heavy atom. The molecule has 0 unspecified atom stereocenters. The fraction of sp³-hybridized carbons (Fsp3) is 0.263. The Balaban J connectivity index is 1.54. The molecule has 1 N–H and O–H groups in total. The topological polar surface area (TPSA) is 84.2 Å². The van der Waals surface area contributed by atoms with Crippen LogP contribution in [0.2, 0.25) is 0 Å². The van der Waals surface area contributed by atoms with E-state index in [4.69, 9.17) is 4.52 Å². The summed E-state index contributed by atoms with van der Waals surface area (Å²) in [5.41, 5.74) is 2.57. The van der Waals surface area contributed by atoms with Gasteiger partial charge in [-0.25, -0.2) is 0 Å². The average molecular weight is 351 g/mol. The Kier molecular flexibility index (Phi) is 5.70. The second kappa shape index (κ2) is 8.35. The molecule has 1 amide bonds. The van der Waals surface area contributed by atoms with Crippen molar-refractivity contribution in [3.63, 3.8) is 0 Å². The summed E-state index contributed by atoms with van der Waals surface area (Å²) in [6, 6.07) is 13.3. The van der Waals surface area contributed by atoms with Gasteiger partial charge in [0.2, 0.25) is 17.6 Å². The van der Waals surface area contributed by atoms with Gasteiger partial charge in [-0.1, -0.05) is 23.4 Å². The first-order valence-corrected chi connectivity index (χ1v) is 8.37. The molecule has 0 aliphatic rings. The Morgan fingerprint density at radius 3 is 2.85 bits per heavy atom. The van der Waals surface area contributed by atoms with Gasteiger partial charge in [0.1, 0.15) is 5.69 Å². The molecule has 0 aliphatic heterocycles. The Hall–Kier alpha value is -3.06. The van der Waals surface area contributed by atoms with Gasteiger partial charge in [0.05, 0.1) is 0 Å². The quantitative estimate of drug-likeness (QED) is 0.705. The van der Waals surface area contributed by atoms with Gasteiger partial charge in [-0.15, -0.1) is 0 Å². The number of carbonyl (C=O) groups excluding carboxylic acids is 1. The predicted molar refractivity (Wildman–Crippen MR) is 98.3 cm³/mol. The molecule has 2 heterocycles. The van der Waals surface area contributed by atoms with Crippen molar-refractivity contribution in [2.75, 3.05) is 19.4 Å². The molecule has 0 atom stereocenters. The molecular formula is C19H21N5O2. The molecule has 3 aromatic rings. The first-order valence-electron chi connectivity index (χ1n) is 8.37. The smallest absolute Gasteiger partial charge is 0.227 e. The van der Waals surface area contributed by atoms with Crippen molar-refractivity contribution < 1.29 is 9.32 Å². The number of carbonyl (C=O) groups is 1. The number of nitrogens with zero attached hydrogens (tertiary/aromatic N) is 4. The summed E-state index contributed by atoms with van der Waals surface area (Å²) < 4.78 is 5.20. The summed E-state index contributed by atoms with van der Waals surface area (Å²) >= 11 is 0. The number of hydrogen-bond donors (Lipinski definition) is 1. The lowest BCUT2D eigenvalue weighted by molar-refractivity contribution is -0.116. The zero-order chi connectivity index (χ0) is 18.4. The summed E-state index contributed by atoms with van der Waals surface area (Å²) in [4.78, 5) is 22.7. The minimum atomic E-state index is -0.0930. The third kappa shape index (κ3) is 4.97. The first-order chi connectivity index (χ1) is 12.6. The van der Waals surface area contributed by atoms with Crippen molar-refractivity contribution in [2.24, 2.45) is 0 Å². The Bertz CT molecular complexity index is 861. The van der Waals surface area contributed by atoms with Crippen LogP contribution in [0.5, 0.6) is 0 Å². The molecular weight excluding hydrogens is 330 g/mol. The van der Waals surface area contributed by atoms with E-state index in [1.54, 1.807) is 6.20 Å². The van der Waals surface area contributed by atoms with Crippen molar-refractivity contribution in [2.45, 2.75) is 19.4 Å². The van der Waals surface area contributed by atoms with Crippen LogP contribution in [-0.2, 0) is 17.8 Å². The van der Waals surface area contributed by atoms with Gasteiger partial charge in [-0.05, 0) is 43.9 Å². The van der Waals surface area contributed by atoms with Crippen LogP contribution in [0.1, 0.15) is 17.9 Å². The van der Waals surface area contributed by atoms with E-state index in [0.717, 1.165) is 17.8 Å². The minimum absolute atomic E-state index is 0.0930. The van der Waals surface area contributed by atoms with Crippen LogP contribution in [0.3, 0.4) is 0 Å². The van der Waals surface area contributed by atoms with Gasteiger partial charge < -0.3 is 14.7 Å². The summed E-state index contributed by atoms with van der Waals surface area (Å²) in [5.74, 6) is 0.754. The first kappa shape index (κ1) is 17.8. The van der Waals surface area contributed by atoms with Crippen LogP contribution >= 0.6 is 0 Å². The van der Waals surface area contributed by atoms with Gasteiger partial charge in [-0.3, -0.25) is 9.78 Å². The fourth-order valence-electron chi connectivity index (χ4n) is 2.51. The summed E-state index contributed by atoms with van der Waals surface area (Å²) in [7, 11) is 4.02. The molecule has 0 aliphatic carbocycles. The van der Waals surface area contributed by atoms with Crippen LogP contribution < -0.4 is 5.32 Å². The second-order valence-corrected chi connectivity index (χ2v) is 6.21. The van der Waals surface area contributed by atoms with Crippen molar-refractivity contribution in [1.29, 1.82) is 0 Å². The van der Waals surface area contributed by atoms with E-state index in [1.807, 2.05) is 56.6 Å². The van der Waals surface area contributed by atoms with Gasteiger partial charge in [0, 0.05) is 31.3 Å². The third-order valence-electron chi connectivity index (χ3n) is 3.64. The van der Waals surface area contributed by atoms with Crippen LogP contribution in [-0.4, -0.2) is 40.0 Å². The fourth-order valence-corrected chi connectivity index (χ4v) is 2.51. The van der Waals surface area contributed by atoms with Crippen LogP contribution in [0, 0.1) is 0 Å². The standard InChI is InChI=1S/C19H21N5O2/c1-24(2)13-14-6-5-7-15(12-14)21-17(25)9-10-18-22-19(23-26-18)16-8-3-4-11-20-16/h3-8,11-12H,9-10,13H2,1-2H3,(H,21,25). The van der Waals surface area contributed by atoms with Crippen molar-refractivity contribution in [3.8, 4) is 11.5 Å². The van der Waals surface area contributed by atoms with Crippen LogP contribution in [0.15, 0.2) is 53.2 Å². The minimum Gasteiger partial charge on any atom is -0.339 e. The number of pyridine rings is 1. The molecule has 0 saturated heterocycles. The molecule has 0 fully saturated rings. The summed E-state index contributed by atoms with van der Waals surface area (Å²) in [6.07, 6.45) is 2.31. The van der Waals surface area contributed by atoms with Gasteiger partial charge in [-0.2, -0.15) is 4.98 Å². The van der Waals surface area contributed by atoms with E-state index in [1.165, 1.54) is 0 Å². The number of aromatic nitrogens is 3. The number of amides is 1. The molecule has 0 bridgehead atoms. The Labute approximate surface area is 152 Å². The number of rotatable bonds is 7. The third-order valence-corrected chi connectivity index (χ3v) is 3.64. The van der Waals surface area contributed by atoms with Crippen LogP contribution in [0.4, 0.5) is 5.69 Å². The molecule has 134 valence electrons. The molecule has 7 nitrogen and oxygen atoms in total. The number of anilines is 1. The highest BCUT2D eigenvalue weighted by atomic mass is 16.5. The lowest BCUT2D eigenvalue weighted by Gasteiger charge is -2.11. The largest absolute Gasteiger partial charge is 0.339 e. The molecule has 7 heteroatoms. The van der Waals surface area contributed by atoms with Crippen molar-refractivity contribution >= 4 is 11.6 Å². The maximum absolute atomic E-state index is 12.2. The zero-order valence-corrected chi connectivity index (χ0v) is 14.8. The van der Waals surface area contributed by atoms with Gasteiger partial charge in [0.15, 0.2) is 0 Å². The zero-order valence-electron chi connectivity index (χ0n) is 14.8. The van der Waals surface area contributed by atoms with Crippen LogP contribution in [0.25, 0.3) is 11.5 Å². The Morgan fingerprint density at radius 2 is 2.08 bits per heavy atom. The maximum Gasteiger partial charge on any atom is 0.227 e. The van der Waals surface area contributed by atoms with Crippen molar-refractivity contribution in [3.05, 3.63) is 60.1 Å². The second-order valence-electron chi connectivity index (χ2n) is 6.21. The molecule has 0 saturated carbocycles. The van der Waals surface area contributed by atoms with E-state index < -0.39 is 0 Å². The highest BCUT2D eigenvalue weighted by Gasteiger charge is 2.11. The predicted octanol–water partition coefficient (Wildman–Crippen LogP) is 2.76. The number of hydrogen-bond acceptors (Lipinski definition) is 6. The highest BCUT2D eigenvalue weighted by molar-refractivity contribution is 5.90. The molecule has 3 rings (SSSR count). The lowest BCUT2D eigenvalue weighted by Crippen LogP contribution is -2.14. The summed E-state index contributed by atoms with van der Waals surface area (Å²) in [5, 5.41) is 6.81. The summed E-state index contributed by atoms with van der Waals surface area (Å²) in [6.45, 7) is 0.821. The van der Waals surface area contributed by atoms with Gasteiger partial charge >= 0.3 is 0 Å². The van der Waals surface area contributed by atoms with Gasteiger partial charge in [0.25, 0.3) is 0 Å². The normalized spacial score (nSPS) is 10.9. The van der Waals surface area contributed by atoms with E-state index in [9.17, 15) is 4.79 Å². The highest BCUT2D eigenvalue weighted by Crippen LogP contribution is 2.14. The molecule has 0 spiro atoms. The molecule has 26 heavy (non-hydrogen) atoms. The lowest BCUT2D eigenvalue weighted by atomic mass is 10.2. The number of aryl methyl sites for hydroxylation is 1. The maximum atomic E-state index is 12.2. The van der Waals surface area contributed by atoms with Crippen molar-refractivity contribution in [1.82, 2.24) is 20.0 Å². The monoisotopic (exact) mass is 351 g/mol. The SMILES string of the molecule is CN(C)Cc1cccc(NC(=O)CCc2nc(-c3ccccn3)no2)c1. The molecule has 1 aromatic carbocycles. The molecule has 2 aromatic heterocycles. The van der Waals surface area contributed by atoms with E-state index in [2.05, 4.69) is 25.3 Å². The number of nitrogens with one attached hydrogen (secondary N) is 1. The van der Waals surface area contributed by atoms with E-state index in [-0.39, 0.29) is 12.3 Å². The number of benzene rings is 1. The average Bonchev–Trinajstić information content (AvgIpc) is 3.09. The molecule has 0 radical (unpaired) electrons. The van der Waals surface area contributed by atoms with E-state index in [0.29, 0.717) is 23.8 Å².